The summed E-state index contributed by atoms with van der Waals surface area (Å²) in [7, 11) is 0. The number of benzene rings is 1. The first-order chi connectivity index (χ1) is 16.2. The van der Waals surface area contributed by atoms with Gasteiger partial charge in [0, 0.05) is 24.6 Å². The molecular weight excluding hydrogens is 466 g/mol. The van der Waals surface area contributed by atoms with E-state index in [1.165, 1.54) is 25.0 Å². The van der Waals surface area contributed by atoms with Gasteiger partial charge in [0.2, 0.25) is 0 Å². The van der Waals surface area contributed by atoms with Gasteiger partial charge in [-0.1, -0.05) is 30.8 Å². The van der Waals surface area contributed by atoms with Gasteiger partial charge in [0.15, 0.2) is 10.2 Å². The van der Waals surface area contributed by atoms with Crippen LogP contribution in [0.1, 0.15) is 44.6 Å². The van der Waals surface area contributed by atoms with Crippen LogP contribution in [-0.2, 0) is 6.18 Å². The van der Waals surface area contributed by atoms with Gasteiger partial charge in [-0.3, -0.25) is 0 Å². The summed E-state index contributed by atoms with van der Waals surface area (Å²) in [4.78, 5) is -1.05. The van der Waals surface area contributed by atoms with Crippen molar-refractivity contribution in [3.05, 3.63) is 58.5 Å². The van der Waals surface area contributed by atoms with Gasteiger partial charge in [0.25, 0.3) is 0 Å². The average molecular weight is 494 g/mol. The number of hydrogen-bond acceptors (Lipinski definition) is 5. The average Bonchev–Trinajstić information content (AvgIpc) is 3.41. The maximum atomic E-state index is 14.6. The summed E-state index contributed by atoms with van der Waals surface area (Å²) in [5, 5.41) is 8.65. The fourth-order valence-electron chi connectivity index (χ4n) is 4.17. The number of rotatable bonds is 6. The number of dihydropyridines is 1. The smallest absolute Gasteiger partial charge is 0.420 e. The number of hydrogen-bond donors (Lipinski definition) is 3. The van der Waals surface area contributed by atoms with Crippen molar-refractivity contribution in [2.45, 2.75) is 50.2 Å². The third-order valence-corrected chi connectivity index (χ3v) is 6.79. The number of halogens is 4. The third-order valence-electron chi connectivity index (χ3n) is 5.79. The molecule has 1 aromatic carbocycles. The molecule has 4 rings (SSSR count). The topological polar surface area (TPSA) is 45.3 Å². The molecule has 0 amide bonds. The lowest BCUT2D eigenvalue weighted by atomic mass is 10.1. The second kappa shape index (κ2) is 10.3. The lowest BCUT2D eigenvalue weighted by Crippen LogP contribution is -2.43. The van der Waals surface area contributed by atoms with Crippen LogP contribution in [0.25, 0.3) is 0 Å². The fourth-order valence-corrected chi connectivity index (χ4v) is 5.13. The number of thioether (sulfide) groups is 1. The summed E-state index contributed by atoms with van der Waals surface area (Å²) in [6.07, 6.45) is 5.66. The van der Waals surface area contributed by atoms with E-state index in [9.17, 15) is 17.6 Å². The first-order valence-corrected chi connectivity index (χ1v) is 12.1. The van der Waals surface area contributed by atoms with E-state index >= 15 is 0 Å². The van der Waals surface area contributed by atoms with E-state index in [1.54, 1.807) is 25.3 Å². The van der Waals surface area contributed by atoms with Crippen molar-refractivity contribution in [3.8, 4) is 17.6 Å². The van der Waals surface area contributed by atoms with E-state index in [4.69, 9.17) is 4.74 Å². The van der Waals surface area contributed by atoms with Gasteiger partial charge in [-0.15, -0.1) is 0 Å². The highest BCUT2D eigenvalue weighted by Crippen LogP contribution is 2.43. The maximum Gasteiger partial charge on any atom is 0.420 e. The summed E-state index contributed by atoms with van der Waals surface area (Å²) in [6.45, 7) is 2.22. The molecule has 1 aliphatic carbocycles. The Morgan fingerprint density at radius 3 is 2.76 bits per heavy atom. The van der Waals surface area contributed by atoms with Gasteiger partial charge in [0.05, 0.1) is 17.9 Å². The molecule has 182 valence electrons. The molecule has 34 heavy (non-hydrogen) atoms. The maximum absolute atomic E-state index is 14.6. The van der Waals surface area contributed by atoms with Gasteiger partial charge in [-0.2, -0.15) is 17.6 Å². The molecule has 0 saturated heterocycles. The van der Waals surface area contributed by atoms with E-state index in [1.807, 2.05) is 0 Å². The Bertz CT molecular complexity index is 1060. The van der Waals surface area contributed by atoms with Gasteiger partial charge >= 0.3 is 6.18 Å². The molecule has 1 atom stereocenters. The zero-order chi connectivity index (χ0) is 24.2. The number of nitrogens with one attached hydrogen (secondary N) is 3. The molecule has 0 spiro atoms. The lowest BCUT2D eigenvalue weighted by molar-refractivity contribution is -0.138. The first-order valence-electron chi connectivity index (χ1n) is 11.3. The second-order valence-electron chi connectivity index (χ2n) is 8.58. The molecule has 4 nitrogen and oxygen atoms in total. The molecule has 0 aromatic heterocycles. The molecule has 1 aromatic rings. The molecule has 0 bridgehead atoms. The van der Waals surface area contributed by atoms with Crippen molar-refractivity contribution in [2.24, 2.45) is 5.92 Å². The van der Waals surface area contributed by atoms with Crippen LogP contribution >= 0.6 is 11.8 Å². The Morgan fingerprint density at radius 2 is 2.06 bits per heavy atom. The molecule has 2 heterocycles. The Hall–Kier alpha value is -2.73. The standard InChI is InChI=1S/C25H27F4N3OS/c1-24(32-22(23(26)34-24)18-10-6-13-30-16-18)31-19-11-12-21(20(15-19)25(27,28)29)33-14-5-4-9-17-7-2-3-8-17/h6,10-13,15,17,30-32H,2-3,5,7-8,14,16H2,1H3. The molecule has 1 fully saturated rings. The molecule has 3 aliphatic rings. The highest BCUT2D eigenvalue weighted by molar-refractivity contribution is 8.04. The SMILES string of the molecule is CC1(Nc2ccc(OCCC#CC3CCCC3)c(C(F)(F)F)c2)NC(C2=CC=CNC2)=C(F)S1. The molecule has 1 saturated carbocycles. The Labute approximate surface area is 201 Å². The summed E-state index contributed by atoms with van der Waals surface area (Å²) < 4.78 is 61.3. The minimum absolute atomic E-state index is 0.0841. The Balaban J connectivity index is 1.41. The van der Waals surface area contributed by atoms with Crippen molar-refractivity contribution >= 4 is 17.4 Å². The Morgan fingerprint density at radius 1 is 1.26 bits per heavy atom. The van der Waals surface area contributed by atoms with Crippen LogP contribution in [-0.4, -0.2) is 18.1 Å². The normalized spacial score (nSPS) is 22.6. The van der Waals surface area contributed by atoms with Crippen LogP contribution in [0.3, 0.4) is 0 Å². The molecule has 2 aliphatic heterocycles. The summed E-state index contributed by atoms with van der Waals surface area (Å²) >= 11 is 0.882. The second-order valence-corrected chi connectivity index (χ2v) is 9.95. The van der Waals surface area contributed by atoms with Gasteiger partial charge in [0.1, 0.15) is 5.75 Å². The van der Waals surface area contributed by atoms with Crippen LogP contribution in [0.4, 0.5) is 23.2 Å². The number of allylic oxidation sites excluding steroid dienone is 2. The highest BCUT2D eigenvalue weighted by Gasteiger charge is 2.39. The van der Waals surface area contributed by atoms with Crippen molar-refractivity contribution in [3.63, 3.8) is 0 Å². The van der Waals surface area contributed by atoms with Crippen molar-refractivity contribution < 1.29 is 22.3 Å². The van der Waals surface area contributed by atoms with E-state index in [0.717, 1.165) is 36.2 Å². The molecule has 3 N–H and O–H groups in total. The van der Waals surface area contributed by atoms with Crippen molar-refractivity contribution in [1.29, 1.82) is 0 Å². The van der Waals surface area contributed by atoms with Gasteiger partial charge in [-0.05, 0) is 67.6 Å². The number of ether oxygens (including phenoxy) is 1. The van der Waals surface area contributed by atoms with Crippen LogP contribution in [0, 0.1) is 17.8 Å². The summed E-state index contributed by atoms with van der Waals surface area (Å²) in [5.74, 6) is 6.36. The molecular formula is C25H27F4N3OS. The monoisotopic (exact) mass is 493 g/mol. The van der Waals surface area contributed by atoms with E-state index in [2.05, 4.69) is 27.8 Å². The first kappa shape index (κ1) is 24.4. The van der Waals surface area contributed by atoms with Crippen LogP contribution in [0.5, 0.6) is 5.75 Å². The molecule has 1 unspecified atom stereocenters. The lowest BCUT2D eigenvalue weighted by Gasteiger charge is -2.29. The molecule has 0 radical (unpaired) electrons. The minimum Gasteiger partial charge on any atom is -0.492 e. The predicted molar refractivity (Wildman–Crippen MR) is 127 cm³/mol. The number of alkyl halides is 3. The van der Waals surface area contributed by atoms with Crippen molar-refractivity contribution in [2.75, 3.05) is 18.5 Å². The summed E-state index contributed by atoms with van der Waals surface area (Å²) in [5.41, 5.74) is 0.374. The zero-order valence-electron chi connectivity index (χ0n) is 18.8. The molecule has 9 heteroatoms. The Kier molecular flexibility index (Phi) is 7.36. The predicted octanol–water partition coefficient (Wildman–Crippen LogP) is 6.27. The summed E-state index contributed by atoms with van der Waals surface area (Å²) in [6, 6.07) is 3.79. The van der Waals surface area contributed by atoms with Crippen LogP contribution in [0.2, 0.25) is 0 Å². The third kappa shape index (κ3) is 6.03. The van der Waals surface area contributed by atoms with E-state index in [0.29, 0.717) is 24.6 Å². The van der Waals surface area contributed by atoms with E-state index < -0.39 is 21.9 Å². The van der Waals surface area contributed by atoms with Crippen LogP contribution < -0.4 is 20.7 Å². The largest absolute Gasteiger partial charge is 0.492 e. The van der Waals surface area contributed by atoms with Gasteiger partial charge in [-0.25, -0.2) is 0 Å². The number of anilines is 1. The minimum atomic E-state index is -4.60. The zero-order valence-corrected chi connectivity index (χ0v) is 19.6. The van der Waals surface area contributed by atoms with Crippen molar-refractivity contribution in [1.82, 2.24) is 10.6 Å². The highest BCUT2D eigenvalue weighted by atomic mass is 32.2. The van der Waals surface area contributed by atoms with Crippen LogP contribution in [0.15, 0.2) is 53.0 Å². The quantitative estimate of drug-likeness (QED) is 0.248. The van der Waals surface area contributed by atoms with E-state index in [-0.39, 0.29) is 18.0 Å². The fraction of sp³-hybridized carbons (Fsp3) is 0.440. The van der Waals surface area contributed by atoms with Gasteiger partial charge < -0.3 is 20.7 Å².